The average molecular weight is 205 g/mol. The summed E-state index contributed by atoms with van der Waals surface area (Å²) >= 11 is 0. The van der Waals surface area contributed by atoms with E-state index >= 15 is 0 Å². The largest absolute Gasteiger partial charge is 0.480 e. The Hall–Kier alpha value is -0.830. The molecule has 0 spiro atoms. The molecule has 3 N–H and O–H groups in total. The second-order valence-corrected chi connectivity index (χ2v) is 5.84. The van der Waals surface area contributed by atoms with E-state index in [1.807, 2.05) is 0 Å². The Bertz CT molecular complexity index is 391. The lowest BCUT2D eigenvalue weighted by Gasteiger charge is -2.31. The Labute approximate surface area is 88.3 Å². The van der Waals surface area contributed by atoms with E-state index in [2.05, 4.69) is 12.2 Å². The van der Waals surface area contributed by atoms with Gasteiger partial charge in [0.05, 0.1) is 0 Å². The van der Waals surface area contributed by atoms with Gasteiger partial charge in [-0.25, -0.2) is 0 Å². The number of hydrogen-bond donors (Lipinski definition) is 2. The first kappa shape index (κ1) is 8.34. The van der Waals surface area contributed by atoms with Gasteiger partial charge in [-0.1, -0.05) is 12.2 Å². The third kappa shape index (κ3) is 0.680. The van der Waals surface area contributed by atoms with E-state index in [0.717, 1.165) is 5.92 Å². The Morgan fingerprint density at radius 1 is 1.27 bits per heavy atom. The molecule has 0 radical (unpaired) electrons. The summed E-state index contributed by atoms with van der Waals surface area (Å²) in [5, 5.41) is 9.33. The molecule has 0 unspecified atom stereocenters. The maximum atomic E-state index is 11.4. The van der Waals surface area contributed by atoms with Crippen LogP contribution in [0.1, 0.15) is 12.8 Å². The van der Waals surface area contributed by atoms with Gasteiger partial charge in [-0.3, -0.25) is 4.79 Å². The number of nitrogens with two attached hydrogens (primary N) is 1. The van der Waals surface area contributed by atoms with Crippen LogP contribution in [0, 0.1) is 35.5 Å². The SMILES string of the molecule is N[C@@]1(C(=O)O)C[C@@H]2[C@@H]3C=C[C@H]4[C@@H]3C[C@@H]2[C@H]41. The van der Waals surface area contributed by atoms with Gasteiger partial charge in [0.1, 0.15) is 5.54 Å². The normalized spacial score (nSPS) is 63.0. The number of aliphatic carboxylic acids is 1. The highest BCUT2D eigenvalue weighted by Gasteiger charge is 2.70. The van der Waals surface area contributed by atoms with Gasteiger partial charge in [-0.05, 0) is 48.3 Å². The molecular weight excluding hydrogens is 190 g/mol. The minimum absolute atomic E-state index is 0.222. The van der Waals surface area contributed by atoms with Crippen molar-refractivity contribution < 1.29 is 9.90 Å². The first-order valence-corrected chi connectivity index (χ1v) is 5.83. The molecule has 3 nitrogen and oxygen atoms in total. The molecule has 0 amide bonds. The van der Waals surface area contributed by atoms with Crippen LogP contribution in [-0.4, -0.2) is 16.6 Å². The van der Waals surface area contributed by atoms with Gasteiger partial charge < -0.3 is 10.8 Å². The average Bonchev–Trinajstić information content (AvgIpc) is 2.75. The maximum absolute atomic E-state index is 11.4. The minimum Gasteiger partial charge on any atom is -0.480 e. The van der Waals surface area contributed by atoms with Gasteiger partial charge in [0.25, 0.3) is 0 Å². The molecule has 4 aliphatic carbocycles. The van der Waals surface area contributed by atoms with Crippen LogP contribution in [0.3, 0.4) is 0 Å². The lowest BCUT2D eigenvalue weighted by molar-refractivity contribution is -0.145. The van der Waals surface area contributed by atoms with Crippen molar-refractivity contribution in [3.63, 3.8) is 0 Å². The molecule has 4 aliphatic rings. The van der Waals surface area contributed by atoms with Crippen LogP contribution >= 0.6 is 0 Å². The molecule has 80 valence electrons. The van der Waals surface area contributed by atoms with Crippen LogP contribution in [-0.2, 0) is 4.79 Å². The van der Waals surface area contributed by atoms with Crippen LogP contribution in [0.25, 0.3) is 0 Å². The van der Waals surface area contributed by atoms with Crippen molar-refractivity contribution in [3.05, 3.63) is 12.2 Å². The monoisotopic (exact) mass is 205 g/mol. The Morgan fingerprint density at radius 2 is 2.00 bits per heavy atom. The number of allylic oxidation sites excluding steroid dienone is 2. The van der Waals surface area contributed by atoms with Crippen LogP contribution in [0.5, 0.6) is 0 Å². The third-order valence-corrected chi connectivity index (χ3v) is 5.58. The van der Waals surface area contributed by atoms with Gasteiger partial charge in [0.15, 0.2) is 0 Å². The summed E-state index contributed by atoms with van der Waals surface area (Å²) in [6.07, 6.45) is 6.52. The van der Waals surface area contributed by atoms with Gasteiger partial charge >= 0.3 is 5.97 Å². The maximum Gasteiger partial charge on any atom is 0.324 e. The fourth-order valence-electron chi connectivity index (χ4n) is 5.20. The van der Waals surface area contributed by atoms with E-state index in [4.69, 9.17) is 5.73 Å². The molecule has 0 saturated heterocycles. The fourth-order valence-corrected chi connectivity index (χ4v) is 5.20. The highest BCUT2D eigenvalue weighted by atomic mass is 16.4. The van der Waals surface area contributed by atoms with E-state index in [-0.39, 0.29) is 5.92 Å². The minimum atomic E-state index is -0.922. The number of carboxylic acid groups (broad SMARTS) is 1. The first-order chi connectivity index (χ1) is 7.13. The molecule has 2 bridgehead atoms. The lowest BCUT2D eigenvalue weighted by Crippen LogP contribution is -2.53. The van der Waals surface area contributed by atoms with Crippen LogP contribution in [0.2, 0.25) is 0 Å². The second kappa shape index (κ2) is 2.14. The predicted octanol–water partition coefficient (Wildman–Crippen LogP) is 0.856. The zero-order chi connectivity index (χ0) is 10.4. The predicted molar refractivity (Wildman–Crippen MR) is 53.9 cm³/mol. The molecule has 0 heterocycles. The quantitative estimate of drug-likeness (QED) is 0.624. The zero-order valence-electron chi connectivity index (χ0n) is 8.47. The van der Waals surface area contributed by atoms with Crippen LogP contribution < -0.4 is 5.73 Å². The summed E-state index contributed by atoms with van der Waals surface area (Å²) in [7, 11) is 0. The van der Waals surface area contributed by atoms with Crippen molar-refractivity contribution in [2.24, 2.45) is 41.2 Å². The highest BCUT2D eigenvalue weighted by molar-refractivity contribution is 5.80. The number of hydrogen-bond acceptors (Lipinski definition) is 2. The van der Waals surface area contributed by atoms with Crippen LogP contribution in [0.15, 0.2) is 12.2 Å². The molecule has 3 fully saturated rings. The molecule has 0 aromatic carbocycles. The van der Waals surface area contributed by atoms with Gasteiger partial charge in [0, 0.05) is 0 Å². The summed E-state index contributed by atoms with van der Waals surface area (Å²) in [4.78, 5) is 11.4. The van der Waals surface area contributed by atoms with E-state index in [0.29, 0.717) is 30.1 Å². The molecule has 0 aliphatic heterocycles. The zero-order valence-corrected chi connectivity index (χ0v) is 8.47. The van der Waals surface area contributed by atoms with Crippen molar-refractivity contribution in [1.29, 1.82) is 0 Å². The topological polar surface area (TPSA) is 63.3 Å². The molecule has 4 rings (SSSR count). The number of fused-ring (bicyclic) bond motifs is 2. The Balaban J connectivity index is 1.87. The smallest absolute Gasteiger partial charge is 0.324 e. The third-order valence-electron chi connectivity index (χ3n) is 5.58. The molecular formula is C12H15NO2. The summed E-state index contributed by atoms with van der Waals surface area (Å²) in [5.74, 6) is 2.47. The summed E-state index contributed by atoms with van der Waals surface area (Å²) in [6.45, 7) is 0. The summed E-state index contributed by atoms with van der Waals surface area (Å²) in [6, 6.07) is 0. The molecule has 7 atom stereocenters. The van der Waals surface area contributed by atoms with Gasteiger partial charge in [0.2, 0.25) is 0 Å². The Morgan fingerprint density at radius 3 is 2.73 bits per heavy atom. The van der Waals surface area contributed by atoms with Crippen molar-refractivity contribution in [2.75, 3.05) is 0 Å². The van der Waals surface area contributed by atoms with Crippen LogP contribution in [0.4, 0.5) is 0 Å². The second-order valence-electron chi connectivity index (χ2n) is 5.84. The van der Waals surface area contributed by atoms with Gasteiger partial charge in [-0.15, -0.1) is 0 Å². The van der Waals surface area contributed by atoms with Crippen molar-refractivity contribution >= 4 is 5.97 Å². The fraction of sp³-hybridized carbons (Fsp3) is 0.750. The van der Waals surface area contributed by atoms with Gasteiger partial charge in [-0.2, -0.15) is 0 Å². The Kier molecular flexibility index (Phi) is 1.19. The standard InChI is InChI=1S/C12H15NO2/c13-12(11(14)15)4-9-5-1-2-6-7(5)3-8(9)10(6)12/h1-2,5-10H,3-4,13H2,(H,14,15)/t5-,6+,7-,8+,9-,10+,12+/m1/s1. The molecule has 3 heteroatoms. The molecule has 0 aromatic rings. The van der Waals surface area contributed by atoms with Crippen molar-refractivity contribution in [2.45, 2.75) is 18.4 Å². The van der Waals surface area contributed by atoms with E-state index in [9.17, 15) is 9.90 Å². The van der Waals surface area contributed by atoms with E-state index in [1.165, 1.54) is 6.42 Å². The number of carboxylic acids is 1. The first-order valence-electron chi connectivity index (χ1n) is 5.83. The summed E-state index contributed by atoms with van der Waals surface area (Å²) < 4.78 is 0. The van der Waals surface area contributed by atoms with Crippen molar-refractivity contribution in [3.8, 4) is 0 Å². The van der Waals surface area contributed by atoms with E-state index in [1.54, 1.807) is 0 Å². The van der Waals surface area contributed by atoms with Crippen molar-refractivity contribution in [1.82, 2.24) is 0 Å². The molecule has 0 aromatic heterocycles. The molecule has 3 saturated carbocycles. The highest BCUT2D eigenvalue weighted by Crippen LogP contribution is 2.70. The summed E-state index contributed by atoms with van der Waals surface area (Å²) in [5.41, 5.74) is 5.23. The lowest BCUT2D eigenvalue weighted by atomic mass is 9.75. The number of rotatable bonds is 1. The van der Waals surface area contributed by atoms with E-state index < -0.39 is 11.5 Å². The molecule has 15 heavy (non-hydrogen) atoms. The number of carbonyl (C=O) groups is 1.